The lowest BCUT2D eigenvalue weighted by atomic mass is 10.1. The maximum absolute atomic E-state index is 13.4. The number of rotatable bonds is 10. The fraction of sp³-hybridized carbons (Fsp3) is 0.267. The molecule has 1 N–H and O–H groups in total. The number of nitrogens with zero attached hydrogens (tertiary/aromatic N) is 3. The first-order valence-corrected chi connectivity index (χ1v) is 14.2. The van der Waals surface area contributed by atoms with Crippen LogP contribution < -0.4 is 10.1 Å². The minimum Gasteiger partial charge on any atom is -0.497 e. The third kappa shape index (κ3) is 6.74. The number of anilines is 1. The monoisotopic (exact) mass is 546 g/mol. The van der Waals surface area contributed by atoms with Gasteiger partial charge in [0.2, 0.25) is 21.9 Å². The number of hydrogen-bond donors (Lipinski definition) is 1. The zero-order chi connectivity index (χ0) is 28.2. The maximum Gasteiger partial charge on any atom is 0.243 e. The maximum atomic E-state index is 13.4. The van der Waals surface area contributed by atoms with Gasteiger partial charge >= 0.3 is 0 Å². The third-order valence-corrected chi connectivity index (χ3v) is 8.03. The Morgan fingerprint density at radius 1 is 0.949 bits per heavy atom. The molecule has 3 aromatic carbocycles. The van der Waals surface area contributed by atoms with Crippen LogP contribution in [-0.2, 0) is 14.8 Å². The van der Waals surface area contributed by atoms with Crippen LogP contribution in [0.25, 0.3) is 16.9 Å². The molecule has 0 atom stereocenters. The number of carbonyl (C=O) groups is 1. The third-order valence-electron chi connectivity index (χ3n) is 6.20. The summed E-state index contributed by atoms with van der Waals surface area (Å²) in [5.41, 5.74) is 4.37. The zero-order valence-electron chi connectivity index (χ0n) is 22.9. The summed E-state index contributed by atoms with van der Waals surface area (Å²) in [7, 11) is -2.27. The number of aryl methyl sites for hydroxylation is 2. The summed E-state index contributed by atoms with van der Waals surface area (Å²) in [5, 5.41) is 2.85. The fourth-order valence-electron chi connectivity index (χ4n) is 4.11. The fourth-order valence-corrected chi connectivity index (χ4v) is 5.67. The number of nitrogens with one attached hydrogen (secondary N) is 1. The molecule has 1 aromatic heterocycles. The Morgan fingerprint density at radius 3 is 2.10 bits per heavy atom. The second-order valence-corrected chi connectivity index (χ2v) is 11.9. The Balaban J connectivity index is 1.65. The van der Waals surface area contributed by atoms with E-state index in [-0.39, 0.29) is 23.9 Å². The number of imidazole rings is 1. The predicted molar refractivity (Wildman–Crippen MR) is 154 cm³/mol. The van der Waals surface area contributed by atoms with Crippen molar-refractivity contribution in [1.82, 2.24) is 13.9 Å². The molecule has 0 spiro atoms. The van der Waals surface area contributed by atoms with E-state index in [2.05, 4.69) is 5.32 Å². The van der Waals surface area contributed by atoms with E-state index in [0.717, 1.165) is 28.1 Å². The Labute approximate surface area is 230 Å². The van der Waals surface area contributed by atoms with Crippen molar-refractivity contribution in [3.8, 4) is 22.7 Å². The first-order valence-electron chi connectivity index (χ1n) is 12.7. The highest BCUT2D eigenvalue weighted by Crippen LogP contribution is 2.26. The van der Waals surface area contributed by atoms with E-state index in [1.807, 2.05) is 82.4 Å². The second kappa shape index (κ2) is 11.8. The van der Waals surface area contributed by atoms with Crippen LogP contribution in [0.3, 0.4) is 0 Å². The van der Waals surface area contributed by atoms with Crippen LogP contribution in [0.4, 0.5) is 5.95 Å². The van der Waals surface area contributed by atoms with Gasteiger partial charge in [-0.2, -0.15) is 4.31 Å². The molecule has 39 heavy (non-hydrogen) atoms. The molecule has 0 aliphatic rings. The first kappa shape index (κ1) is 28.1. The van der Waals surface area contributed by atoms with E-state index >= 15 is 0 Å². The zero-order valence-corrected chi connectivity index (χ0v) is 23.7. The molecule has 0 aliphatic carbocycles. The van der Waals surface area contributed by atoms with Crippen LogP contribution in [0, 0.1) is 19.8 Å². The Bertz CT molecular complexity index is 1530. The summed E-state index contributed by atoms with van der Waals surface area (Å²) in [6.07, 6.45) is 1.84. The summed E-state index contributed by atoms with van der Waals surface area (Å²) >= 11 is 0. The Hall–Kier alpha value is -3.95. The van der Waals surface area contributed by atoms with Crippen LogP contribution in [-0.4, -0.2) is 48.4 Å². The molecule has 0 saturated carbocycles. The quantitative estimate of drug-likeness (QED) is 0.286. The first-order chi connectivity index (χ1) is 18.6. The highest BCUT2D eigenvalue weighted by Gasteiger charge is 2.28. The molecule has 0 radical (unpaired) electrons. The summed E-state index contributed by atoms with van der Waals surface area (Å²) in [6, 6.07) is 22.0. The van der Waals surface area contributed by atoms with Crippen LogP contribution in [0.2, 0.25) is 0 Å². The van der Waals surface area contributed by atoms with Crippen molar-refractivity contribution in [3.63, 3.8) is 0 Å². The second-order valence-electron chi connectivity index (χ2n) is 9.94. The summed E-state index contributed by atoms with van der Waals surface area (Å²) in [6.45, 7) is 7.59. The Kier molecular flexibility index (Phi) is 8.52. The van der Waals surface area contributed by atoms with Gasteiger partial charge in [-0.1, -0.05) is 49.2 Å². The van der Waals surface area contributed by atoms with Gasteiger partial charge in [0.25, 0.3) is 0 Å². The summed E-state index contributed by atoms with van der Waals surface area (Å²) < 4.78 is 35.2. The van der Waals surface area contributed by atoms with E-state index in [1.54, 1.807) is 35.9 Å². The average molecular weight is 547 g/mol. The van der Waals surface area contributed by atoms with Crippen molar-refractivity contribution >= 4 is 21.9 Å². The number of hydrogen-bond acceptors (Lipinski definition) is 5. The van der Waals surface area contributed by atoms with E-state index in [4.69, 9.17) is 9.72 Å². The van der Waals surface area contributed by atoms with E-state index in [1.165, 1.54) is 4.31 Å². The molecular weight excluding hydrogens is 512 g/mol. The highest BCUT2D eigenvalue weighted by molar-refractivity contribution is 7.89. The molecule has 4 rings (SSSR count). The molecule has 0 bridgehead atoms. The Morgan fingerprint density at radius 2 is 1.54 bits per heavy atom. The number of ether oxygens (including phenoxy) is 1. The lowest BCUT2D eigenvalue weighted by Crippen LogP contribution is -2.40. The van der Waals surface area contributed by atoms with Gasteiger partial charge in [0, 0.05) is 24.0 Å². The van der Waals surface area contributed by atoms with Crippen molar-refractivity contribution in [2.45, 2.75) is 32.6 Å². The van der Waals surface area contributed by atoms with E-state index in [0.29, 0.717) is 11.6 Å². The minimum absolute atomic E-state index is 0.0224. The predicted octanol–water partition coefficient (Wildman–Crippen LogP) is 5.45. The van der Waals surface area contributed by atoms with Crippen LogP contribution in [0.15, 0.2) is 83.9 Å². The lowest BCUT2D eigenvalue weighted by Gasteiger charge is -2.23. The highest BCUT2D eigenvalue weighted by atomic mass is 32.2. The molecule has 204 valence electrons. The number of carbonyl (C=O) groups excluding carboxylic acids is 1. The summed E-state index contributed by atoms with van der Waals surface area (Å²) in [4.78, 5) is 18.2. The van der Waals surface area contributed by atoms with Gasteiger partial charge in [-0.25, -0.2) is 13.4 Å². The van der Waals surface area contributed by atoms with Gasteiger partial charge in [0.15, 0.2) is 0 Å². The molecule has 0 unspecified atom stereocenters. The molecule has 0 saturated heterocycles. The van der Waals surface area contributed by atoms with Gasteiger partial charge in [-0.05, 0) is 68.3 Å². The molecule has 4 aromatic rings. The standard InChI is InChI=1S/C30H34N4O4S/c1-21(2)18-33(39(36,37)27-16-8-23(4)9-17-27)20-29(35)32-30-31-28(24-10-14-26(38-5)15-11-24)19-34(30)25-12-6-22(3)7-13-25/h6-17,19,21H,18,20H2,1-5H3,(H,31,32,35). The normalized spacial score (nSPS) is 11.7. The molecule has 1 heterocycles. The van der Waals surface area contributed by atoms with Gasteiger partial charge in [0.1, 0.15) is 5.75 Å². The molecule has 8 nitrogen and oxygen atoms in total. The van der Waals surface area contributed by atoms with Gasteiger partial charge < -0.3 is 4.74 Å². The number of amides is 1. The van der Waals surface area contributed by atoms with Gasteiger partial charge in [-0.3, -0.25) is 14.7 Å². The van der Waals surface area contributed by atoms with Crippen molar-refractivity contribution in [2.24, 2.45) is 5.92 Å². The molecular formula is C30H34N4O4S. The van der Waals surface area contributed by atoms with Crippen molar-refractivity contribution < 1.29 is 17.9 Å². The molecule has 1 amide bonds. The average Bonchev–Trinajstić information content (AvgIpc) is 3.32. The number of aromatic nitrogens is 2. The van der Waals surface area contributed by atoms with E-state index in [9.17, 15) is 13.2 Å². The molecule has 9 heteroatoms. The number of sulfonamides is 1. The van der Waals surface area contributed by atoms with Gasteiger partial charge in [0.05, 0.1) is 24.2 Å². The SMILES string of the molecule is COc1ccc(-c2cn(-c3ccc(C)cc3)c(NC(=O)CN(CC(C)C)S(=O)(=O)c3ccc(C)cc3)n2)cc1. The lowest BCUT2D eigenvalue weighted by molar-refractivity contribution is -0.116. The number of benzene rings is 3. The van der Waals surface area contributed by atoms with Crippen molar-refractivity contribution in [3.05, 3.63) is 90.1 Å². The van der Waals surface area contributed by atoms with E-state index < -0.39 is 15.9 Å². The topological polar surface area (TPSA) is 93.5 Å². The molecule has 0 aliphatic heterocycles. The van der Waals surface area contributed by atoms with Crippen molar-refractivity contribution in [2.75, 3.05) is 25.5 Å². The largest absolute Gasteiger partial charge is 0.497 e. The van der Waals surface area contributed by atoms with Crippen molar-refractivity contribution in [1.29, 1.82) is 0 Å². The van der Waals surface area contributed by atoms with Crippen LogP contribution in [0.5, 0.6) is 5.75 Å². The van der Waals surface area contributed by atoms with Gasteiger partial charge in [-0.15, -0.1) is 0 Å². The smallest absolute Gasteiger partial charge is 0.243 e. The number of methoxy groups -OCH3 is 1. The van der Waals surface area contributed by atoms with Crippen LogP contribution >= 0.6 is 0 Å². The minimum atomic E-state index is -3.88. The summed E-state index contributed by atoms with van der Waals surface area (Å²) in [5.74, 6) is 0.568. The molecule has 0 fully saturated rings. The van der Waals surface area contributed by atoms with Crippen LogP contribution in [0.1, 0.15) is 25.0 Å².